The minimum Gasteiger partial charge on any atom is -0.382 e. The first kappa shape index (κ1) is 24.5. The van der Waals surface area contributed by atoms with Crippen molar-refractivity contribution in [1.82, 2.24) is 4.57 Å². The molecule has 6 aromatic carbocycles. The zero-order valence-electron chi connectivity index (χ0n) is 23.6. The van der Waals surface area contributed by atoms with E-state index in [-0.39, 0.29) is 5.41 Å². The molecule has 0 bridgehead atoms. The first-order valence-electron chi connectivity index (χ1n) is 14.2. The van der Waals surface area contributed by atoms with Gasteiger partial charge in [0.2, 0.25) is 0 Å². The number of nitrogens with zero attached hydrogens (tertiary/aromatic N) is 1. The first-order valence-corrected chi connectivity index (χ1v) is 14.2. The number of hydrogen-bond acceptors (Lipinski definition) is 1. The average molecular weight is 519 g/mol. The topological polar surface area (TPSA) is 17.0 Å². The third kappa shape index (κ3) is 4.12. The van der Waals surface area contributed by atoms with Crippen LogP contribution in [-0.4, -0.2) is 10.6 Å². The fraction of sp³-hybridized carbons (Fsp3) is 0.158. The van der Waals surface area contributed by atoms with Crippen LogP contribution in [0.4, 0.5) is 5.69 Å². The summed E-state index contributed by atoms with van der Waals surface area (Å²) in [4.78, 5) is 0. The zero-order valence-corrected chi connectivity index (χ0v) is 23.6. The van der Waals surface area contributed by atoms with Gasteiger partial charge in [0.1, 0.15) is 0 Å². The van der Waals surface area contributed by atoms with Crippen LogP contribution in [0.5, 0.6) is 0 Å². The first-order chi connectivity index (χ1) is 19.4. The lowest BCUT2D eigenvalue weighted by atomic mass is 9.88. The highest BCUT2D eigenvalue weighted by Gasteiger charge is 2.20. The minimum absolute atomic E-state index is 0.184. The largest absolute Gasteiger partial charge is 0.382 e. The molecule has 0 radical (unpaired) electrons. The van der Waals surface area contributed by atoms with E-state index < -0.39 is 0 Å². The van der Waals surface area contributed by atoms with E-state index in [9.17, 15) is 0 Å². The Morgan fingerprint density at radius 3 is 2.00 bits per heavy atom. The maximum atomic E-state index is 3.73. The van der Waals surface area contributed by atoms with Crippen molar-refractivity contribution in [2.75, 3.05) is 5.32 Å². The van der Waals surface area contributed by atoms with Crippen LogP contribution in [0.2, 0.25) is 0 Å². The van der Waals surface area contributed by atoms with E-state index in [1.54, 1.807) is 0 Å². The fourth-order valence-electron chi connectivity index (χ4n) is 5.80. The Morgan fingerprint density at radius 2 is 1.20 bits per heavy atom. The van der Waals surface area contributed by atoms with Gasteiger partial charge in [0.25, 0.3) is 0 Å². The van der Waals surface area contributed by atoms with Gasteiger partial charge < -0.3 is 9.88 Å². The van der Waals surface area contributed by atoms with Crippen molar-refractivity contribution in [3.05, 3.63) is 121 Å². The van der Waals surface area contributed by atoms with Gasteiger partial charge in [-0.2, -0.15) is 0 Å². The molecular formula is C38H34N2. The molecule has 0 spiro atoms. The summed E-state index contributed by atoms with van der Waals surface area (Å²) in [6, 6.07) is 44.8. The Bertz CT molecular complexity index is 2020. The molecule has 0 aliphatic carbocycles. The number of anilines is 1. The zero-order chi connectivity index (χ0) is 27.4. The molecule has 0 amide bonds. The summed E-state index contributed by atoms with van der Waals surface area (Å²) in [7, 11) is 0. The summed E-state index contributed by atoms with van der Waals surface area (Å²) in [5, 5.41) is 11.4. The third-order valence-corrected chi connectivity index (χ3v) is 8.56. The van der Waals surface area contributed by atoms with Crippen LogP contribution < -0.4 is 5.32 Å². The fourth-order valence-corrected chi connectivity index (χ4v) is 5.80. The third-order valence-electron chi connectivity index (χ3n) is 8.56. The molecule has 7 aromatic rings. The lowest BCUT2D eigenvalue weighted by Gasteiger charge is -2.29. The van der Waals surface area contributed by atoms with Gasteiger partial charge in [-0.15, -0.1) is 0 Å². The second-order valence-corrected chi connectivity index (χ2v) is 12.1. The lowest BCUT2D eigenvalue weighted by Crippen LogP contribution is -2.30. The molecule has 0 aliphatic rings. The molecule has 7 rings (SSSR count). The number of hydrogen-bond donors (Lipinski definition) is 1. The molecule has 1 N–H and O–H groups in total. The molecule has 0 aliphatic heterocycles. The SMILES string of the molecule is CC(Nc1ccc2c(c1)c1ccccc1n2-c1ccc(-c2ccc3c(ccc4ccccc43)c2)cc1)C(C)(C)C. The second-order valence-electron chi connectivity index (χ2n) is 12.1. The van der Waals surface area contributed by atoms with E-state index in [0.29, 0.717) is 6.04 Å². The van der Waals surface area contributed by atoms with Gasteiger partial charge >= 0.3 is 0 Å². The number of fused-ring (bicyclic) bond motifs is 6. The van der Waals surface area contributed by atoms with Crippen molar-refractivity contribution >= 4 is 49.0 Å². The predicted octanol–water partition coefficient (Wildman–Crippen LogP) is 10.6. The Balaban J connectivity index is 1.28. The highest BCUT2D eigenvalue weighted by molar-refractivity contribution is 6.10. The lowest BCUT2D eigenvalue weighted by molar-refractivity contribution is 0.359. The van der Waals surface area contributed by atoms with Crippen LogP contribution in [0, 0.1) is 5.41 Å². The maximum Gasteiger partial charge on any atom is 0.0542 e. The predicted molar refractivity (Wildman–Crippen MR) is 174 cm³/mol. The molecular weight excluding hydrogens is 484 g/mol. The van der Waals surface area contributed by atoms with Crippen LogP contribution in [0.1, 0.15) is 27.7 Å². The van der Waals surface area contributed by atoms with Gasteiger partial charge in [-0.05, 0) is 87.5 Å². The molecule has 0 saturated carbocycles. The molecule has 2 heteroatoms. The molecule has 0 fully saturated rings. The number of para-hydroxylation sites is 1. The highest BCUT2D eigenvalue weighted by Crippen LogP contribution is 2.36. The molecule has 40 heavy (non-hydrogen) atoms. The summed E-state index contributed by atoms with van der Waals surface area (Å²) in [6.45, 7) is 9.09. The van der Waals surface area contributed by atoms with Gasteiger partial charge in [0, 0.05) is 28.2 Å². The maximum absolute atomic E-state index is 3.73. The number of aromatic nitrogens is 1. The number of nitrogens with one attached hydrogen (secondary N) is 1. The minimum atomic E-state index is 0.184. The molecule has 1 heterocycles. The van der Waals surface area contributed by atoms with Crippen molar-refractivity contribution in [1.29, 1.82) is 0 Å². The Morgan fingerprint density at radius 1 is 0.550 bits per heavy atom. The summed E-state index contributed by atoms with van der Waals surface area (Å²) < 4.78 is 2.39. The smallest absolute Gasteiger partial charge is 0.0542 e. The molecule has 0 saturated heterocycles. The van der Waals surface area contributed by atoms with Crippen LogP contribution in [0.15, 0.2) is 121 Å². The van der Waals surface area contributed by atoms with Gasteiger partial charge in [-0.1, -0.05) is 99.6 Å². The normalized spacial score (nSPS) is 12.9. The van der Waals surface area contributed by atoms with Gasteiger partial charge in [-0.25, -0.2) is 0 Å². The van der Waals surface area contributed by atoms with E-state index in [2.05, 4.69) is 159 Å². The number of rotatable bonds is 4. The highest BCUT2D eigenvalue weighted by atomic mass is 15.0. The van der Waals surface area contributed by atoms with Crippen LogP contribution in [0.25, 0.3) is 60.2 Å². The van der Waals surface area contributed by atoms with Gasteiger partial charge in [-0.3, -0.25) is 0 Å². The van der Waals surface area contributed by atoms with E-state index in [1.807, 2.05) is 0 Å². The van der Waals surface area contributed by atoms with E-state index >= 15 is 0 Å². The molecule has 1 atom stereocenters. The number of benzene rings is 6. The van der Waals surface area contributed by atoms with Crippen LogP contribution in [0.3, 0.4) is 0 Å². The van der Waals surface area contributed by atoms with Gasteiger partial charge in [0.05, 0.1) is 11.0 Å². The van der Waals surface area contributed by atoms with Crippen molar-refractivity contribution < 1.29 is 0 Å². The molecule has 1 aromatic heterocycles. The van der Waals surface area contributed by atoms with Crippen molar-refractivity contribution in [2.24, 2.45) is 5.41 Å². The van der Waals surface area contributed by atoms with E-state index in [0.717, 1.165) is 5.69 Å². The summed E-state index contributed by atoms with van der Waals surface area (Å²) in [5.74, 6) is 0. The van der Waals surface area contributed by atoms with Crippen molar-refractivity contribution in [3.8, 4) is 16.8 Å². The van der Waals surface area contributed by atoms with Crippen LogP contribution >= 0.6 is 0 Å². The van der Waals surface area contributed by atoms with E-state index in [1.165, 1.54) is 60.2 Å². The monoisotopic (exact) mass is 518 g/mol. The molecule has 1 unspecified atom stereocenters. The van der Waals surface area contributed by atoms with Gasteiger partial charge in [0.15, 0.2) is 0 Å². The summed E-state index contributed by atoms with van der Waals surface area (Å²) in [5.41, 5.74) is 7.43. The average Bonchev–Trinajstić information content (AvgIpc) is 3.30. The quantitative estimate of drug-likeness (QED) is 0.229. The Kier molecular flexibility index (Phi) is 5.68. The van der Waals surface area contributed by atoms with Crippen molar-refractivity contribution in [2.45, 2.75) is 33.7 Å². The Hall–Kier alpha value is -4.56. The Labute approximate surface area is 235 Å². The molecule has 2 nitrogen and oxygen atoms in total. The van der Waals surface area contributed by atoms with Crippen molar-refractivity contribution in [3.63, 3.8) is 0 Å². The van der Waals surface area contributed by atoms with E-state index in [4.69, 9.17) is 0 Å². The summed E-state index contributed by atoms with van der Waals surface area (Å²) in [6.07, 6.45) is 0. The van der Waals surface area contributed by atoms with Crippen LogP contribution in [-0.2, 0) is 0 Å². The summed E-state index contributed by atoms with van der Waals surface area (Å²) >= 11 is 0. The second kappa shape index (κ2) is 9.27. The molecule has 196 valence electrons. The standard InChI is InChI=1S/C38H34N2/c1-25(38(2,3)4)39-30-18-22-37-35(24-30)34-11-7-8-12-36(34)40(37)31-19-15-26(16-20-31)28-17-21-33-29(23-28)14-13-27-9-5-6-10-32(27)33/h5-25,39H,1-4H3.